The monoisotopic (exact) mass is 380 g/mol. The Labute approximate surface area is 166 Å². The van der Waals surface area contributed by atoms with Gasteiger partial charge >= 0.3 is 0 Å². The Morgan fingerprint density at radius 1 is 1.00 bits per heavy atom. The third-order valence-electron chi connectivity index (χ3n) is 5.82. The van der Waals surface area contributed by atoms with Crippen molar-refractivity contribution in [3.8, 4) is 11.5 Å². The lowest BCUT2D eigenvalue weighted by Crippen LogP contribution is -2.40. The van der Waals surface area contributed by atoms with E-state index in [1.54, 1.807) is 7.11 Å². The van der Waals surface area contributed by atoms with E-state index in [1.807, 2.05) is 47.4 Å². The van der Waals surface area contributed by atoms with Crippen molar-refractivity contribution in [2.75, 3.05) is 39.9 Å². The molecule has 2 aromatic carbocycles. The molecular weight excluding hydrogens is 352 g/mol. The normalized spacial score (nSPS) is 17.6. The first kappa shape index (κ1) is 18.8. The highest BCUT2D eigenvalue weighted by Gasteiger charge is 2.29. The standard InChI is InChI=1S/C23H28N2O3/c1-27-20-6-8-21(9-7-20)28-15-14-24-12-10-18(11-13-24)16-25-17-19-4-2-3-5-22(19)23(25)26/h2-9,18H,10-17H2,1H3. The zero-order valence-corrected chi connectivity index (χ0v) is 16.5. The van der Waals surface area contributed by atoms with Crippen LogP contribution in [-0.2, 0) is 6.54 Å². The minimum atomic E-state index is 0.200. The van der Waals surface area contributed by atoms with E-state index in [1.165, 1.54) is 5.56 Å². The smallest absolute Gasteiger partial charge is 0.254 e. The number of hydrogen-bond donors (Lipinski definition) is 0. The summed E-state index contributed by atoms with van der Waals surface area (Å²) in [4.78, 5) is 17.0. The summed E-state index contributed by atoms with van der Waals surface area (Å²) >= 11 is 0. The summed E-state index contributed by atoms with van der Waals surface area (Å²) in [5, 5.41) is 0. The SMILES string of the molecule is COc1ccc(OCCN2CCC(CN3Cc4ccccc4C3=O)CC2)cc1. The van der Waals surface area contributed by atoms with Crippen LogP contribution in [0.15, 0.2) is 48.5 Å². The molecule has 2 heterocycles. The molecule has 2 aromatic rings. The minimum absolute atomic E-state index is 0.200. The van der Waals surface area contributed by atoms with E-state index in [0.29, 0.717) is 12.5 Å². The molecule has 1 saturated heterocycles. The number of hydrogen-bond acceptors (Lipinski definition) is 4. The molecule has 0 radical (unpaired) electrons. The highest BCUT2D eigenvalue weighted by molar-refractivity contribution is 5.98. The van der Waals surface area contributed by atoms with Gasteiger partial charge < -0.3 is 14.4 Å². The number of methoxy groups -OCH3 is 1. The van der Waals surface area contributed by atoms with Crippen molar-refractivity contribution in [3.05, 3.63) is 59.7 Å². The first-order valence-corrected chi connectivity index (χ1v) is 10.1. The molecule has 0 spiro atoms. The second-order valence-electron chi connectivity index (χ2n) is 7.65. The summed E-state index contributed by atoms with van der Waals surface area (Å²) in [6.07, 6.45) is 2.28. The van der Waals surface area contributed by atoms with Gasteiger partial charge in [-0.3, -0.25) is 9.69 Å². The maximum Gasteiger partial charge on any atom is 0.254 e. The van der Waals surface area contributed by atoms with Gasteiger partial charge in [-0.15, -0.1) is 0 Å². The Hall–Kier alpha value is -2.53. The lowest BCUT2D eigenvalue weighted by molar-refractivity contribution is 0.0708. The molecule has 148 valence electrons. The summed E-state index contributed by atoms with van der Waals surface area (Å²) in [5.74, 6) is 2.51. The van der Waals surface area contributed by atoms with Crippen LogP contribution in [0.3, 0.4) is 0 Å². The van der Waals surface area contributed by atoms with Gasteiger partial charge in [0, 0.05) is 25.2 Å². The summed E-state index contributed by atoms with van der Waals surface area (Å²) in [5.41, 5.74) is 2.05. The van der Waals surface area contributed by atoms with E-state index in [4.69, 9.17) is 9.47 Å². The number of carbonyl (C=O) groups excluding carboxylic acids is 1. The summed E-state index contributed by atoms with van der Waals surface area (Å²) in [6.45, 7) is 5.43. The van der Waals surface area contributed by atoms with Crippen LogP contribution >= 0.6 is 0 Å². The lowest BCUT2D eigenvalue weighted by Gasteiger charge is -2.33. The van der Waals surface area contributed by atoms with Gasteiger partial charge in [0.15, 0.2) is 0 Å². The molecule has 0 aromatic heterocycles. The number of fused-ring (bicyclic) bond motifs is 1. The number of ether oxygens (including phenoxy) is 2. The Morgan fingerprint density at radius 3 is 2.43 bits per heavy atom. The van der Waals surface area contributed by atoms with Gasteiger partial charge in [-0.05, 0) is 67.7 Å². The average Bonchev–Trinajstić information content (AvgIpc) is 3.05. The molecule has 0 saturated carbocycles. The van der Waals surface area contributed by atoms with Gasteiger partial charge in [0.2, 0.25) is 0 Å². The highest BCUT2D eigenvalue weighted by Crippen LogP contribution is 2.26. The number of amides is 1. The molecule has 5 heteroatoms. The zero-order valence-electron chi connectivity index (χ0n) is 16.5. The molecule has 2 aliphatic heterocycles. The van der Waals surface area contributed by atoms with Gasteiger partial charge in [0.1, 0.15) is 18.1 Å². The lowest BCUT2D eigenvalue weighted by atomic mass is 9.96. The maximum atomic E-state index is 12.5. The van der Waals surface area contributed by atoms with E-state index in [2.05, 4.69) is 11.0 Å². The maximum absolute atomic E-state index is 12.5. The second kappa shape index (κ2) is 8.65. The fraction of sp³-hybridized carbons (Fsp3) is 0.435. The van der Waals surface area contributed by atoms with Crippen LogP contribution in [0.2, 0.25) is 0 Å². The Kier molecular flexibility index (Phi) is 5.81. The topological polar surface area (TPSA) is 42.0 Å². The van der Waals surface area contributed by atoms with Crippen LogP contribution in [0.4, 0.5) is 0 Å². The minimum Gasteiger partial charge on any atom is -0.497 e. The fourth-order valence-electron chi connectivity index (χ4n) is 4.13. The zero-order chi connectivity index (χ0) is 19.3. The first-order valence-electron chi connectivity index (χ1n) is 10.1. The molecule has 5 nitrogen and oxygen atoms in total. The summed E-state index contributed by atoms with van der Waals surface area (Å²) in [7, 11) is 1.66. The molecule has 0 aliphatic carbocycles. The van der Waals surface area contributed by atoms with Crippen molar-refractivity contribution < 1.29 is 14.3 Å². The van der Waals surface area contributed by atoms with Crippen molar-refractivity contribution in [2.24, 2.45) is 5.92 Å². The largest absolute Gasteiger partial charge is 0.497 e. The molecule has 28 heavy (non-hydrogen) atoms. The van der Waals surface area contributed by atoms with Crippen LogP contribution in [-0.4, -0.2) is 55.6 Å². The van der Waals surface area contributed by atoms with Crippen LogP contribution in [0.25, 0.3) is 0 Å². The van der Waals surface area contributed by atoms with Crippen LogP contribution in [0.1, 0.15) is 28.8 Å². The van der Waals surface area contributed by atoms with E-state index < -0.39 is 0 Å². The van der Waals surface area contributed by atoms with Gasteiger partial charge in [-0.1, -0.05) is 18.2 Å². The molecular formula is C23H28N2O3. The van der Waals surface area contributed by atoms with Crippen LogP contribution in [0, 0.1) is 5.92 Å². The third-order valence-corrected chi connectivity index (χ3v) is 5.82. The molecule has 2 aliphatic rings. The van der Waals surface area contributed by atoms with Crippen LogP contribution in [0.5, 0.6) is 11.5 Å². The van der Waals surface area contributed by atoms with E-state index in [9.17, 15) is 4.79 Å². The van der Waals surface area contributed by atoms with Crippen molar-refractivity contribution in [3.63, 3.8) is 0 Å². The van der Waals surface area contributed by atoms with Crippen molar-refractivity contribution in [2.45, 2.75) is 19.4 Å². The number of piperidine rings is 1. The number of nitrogens with zero attached hydrogens (tertiary/aromatic N) is 2. The number of likely N-dealkylation sites (tertiary alicyclic amines) is 1. The third kappa shape index (κ3) is 4.30. The fourth-order valence-corrected chi connectivity index (χ4v) is 4.13. The van der Waals surface area contributed by atoms with E-state index in [-0.39, 0.29) is 5.91 Å². The van der Waals surface area contributed by atoms with Gasteiger partial charge in [0.25, 0.3) is 5.91 Å². The van der Waals surface area contributed by atoms with Crippen molar-refractivity contribution >= 4 is 5.91 Å². The highest BCUT2D eigenvalue weighted by atomic mass is 16.5. The second-order valence-corrected chi connectivity index (χ2v) is 7.65. The Bertz CT molecular complexity index is 798. The molecule has 0 unspecified atom stereocenters. The predicted octanol–water partition coefficient (Wildman–Crippen LogP) is 3.44. The predicted molar refractivity (Wildman–Crippen MR) is 109 cm³/mol. The van der Waals surface area contributed by atoms with Gasteiger partial charge in [-0.25, -0.2) is 0 Å². The Balaban J connectivity index is 1.17. The number of benzene rings is 2. The Morgan fingerprint density at radius 2 is 1.71 bits per heavy atom. The molecule has 0 N–H and O–H groups in total. The average molecular weight is 380 g/mol. The molecule has 4 rings (SSSR count). The molecule has 1 amide bonds. The molecule has 0 atom stereocenters. The summed E-state index contributed by atoms with van der Waals surface area (Å²) < 4.78 is 11.0. The van der Waals surface area contributed by atoms with Crippen molar-refractivity contribution in [1.82, 2.24) is 9.80 Å². The van der Waals surface area contributed by atoms with E-state index >= 15 is 0 Å². The van der Waals surface area contributed by atoms with Gasteiger partial charge in [0.05, 0.1) is 7.11 Å². The van der Waals surface area contributed by atoms with E-state index in [0.717, 1.165) is 62.6 Å². The van der Waals surface area contributed by atoms with Crippen LogP contribution < -0.4 is 9.47 Å². The molecule has 1 fully saturated rings. The first-order chi connectivity index (χ1) is 13.7. The molecule has 0 bridgehead atoms. The number of carbonyl (C=O) groups is 1. The number of rotatable bonds is 7. The quantitative estimate of drug-likeness (QED) is 0.738. The van der Waals surface area contributed by atoms with Crippen molar-refractivity contribution in [1.29, 1.82) is 0 Å². The van der Waals surface area contributed by atoms with Gasteiger partial charge in [-0.2, -0.15) is 0 Å². The summed E-state index contributed by atoms with van der Waals surface area (Å²) in [6, 6.07) is 15.7.